The molecule has 0 spiro atoms. The van der Waals surface area contributed by atoms with E-state index in [0.29, 0.717) is 47.4 Å². The Morgan fingerprint density at radius 3 is 2.24 bits per heavy atom. The first-order valence-electron chi connectivity index (χ1n) is 13.3. The number of nitrogens with zero attached hydrogens (tertiary/aromatic N) is 4. The van der Waals surface area contributed by atoms with Crippen LogP contribution in [0.5, 0.6) is 0 Å². The molecule has 0 radical (unpaired) electrons. The van der Waals surface area contributed by atoms with Crippen LogP contribution in [-0.4, -0.2) is 50.7 Å². The molecule has 11 heteroatoms. The van der Waals surface area contributed by atoms with E-state index in [1.165, 1.54) is 12.4 Å². The molecule has 0 aliphatic heterocycles. The van der Waals surface area contributed by atoms with Crippen molar-refractivity contribution in [3.63, 3.8) is 0 Å². The van der Waals surface area contributed by atoms with Gasteiger partial charge in [-0.05, 0) is 36.2 Å². The van der Waals surface area contributed by atoms with Gasteiger partial charge in [-0.2, -0.15) is 0 Å². The highest BCUT2D eigenvalue weighted by Gasteiger charge is 2.16. The molecule has 0 atom stereocenters. The van der Waals surface area contributed by atoms with Gasteiger partial charge in [0.25, 0.3) is 17.7 Å². The number of carbonyl (C=O) groups excluding carboxylic acids is 3. The Balaban J connectivity index is 1.14. The fraction of sp³-hybridized carbons (Fsp3) is 0.129. The van der Waals surface area contributed by atoms with Gasteiger partial charge in [0.05, 0.1) is 29.1 Å². The number of aromatic nitrogens is 4. The van der Waals surface area contributed by atoms with Crippen LogP contribution in [0.25, 0.3) is 22.3 Å². The minimum absolute atomic E-state index is 0.0174. The Morgan fingerprint density at radius 2 is 1.43 bits per heavy atom. The van der Waals surface area contributed by atoms with Gasteiger partial charge in [-0.1, -0.05) is 54.6 Å². The topological polar surface area (TPSA) is 165 Å². The van der Waals surface area contributed by atoms with Gasteiger partial charge in [0, 0.05) is 30.8 Å². The highest BCUT2D eigenvalue weighted by atomic mass is 16.2. The summed E-state index contributed by atoms with van der Waals surface area (Å²) in [6, 6.07) is 23.8. The summed E-state index contributed by atoms with van der Waals surface area (Å²) in [5.41, 5.74) is 9.93. The molecular weight excluding hydrogens is 532 g/mol. The second-order valence-electron chi connectivity index (χ2n) is 9.35. The predicted molar refractivity (Wildman–Crippen MR) is 158 cm³/mol. The van der Waals surface area contributed by atoms with Crippen LogP contribution in [0.1, 0.15) is 43.3 Å². The van der Waals surface area contributed by atoms with Crippen molar-refractivity contribution in [2.45, 2.75) is 13.0 Å². The molecule has 0 fully saturated rings. The molecule has 0 bridgehead atoms. The molecule has 5 rings (SSSR count). The number of fused-ring (bicyclic) bond motifs is 1. The quantitative estimate of drug-likeness (QED) is 0.189. The number of hydrogen-bond acceptors (Lipinski definition) is 8. The summed E-state index contributed by atoms with van der Waals surface area (Å²) < 4.78 is 0. The number of amides is 3. The van der Waals surface area contributed by atoms with Gasteiger partial charge in [-0.25, -0.2) is 15.0 Å². The zero-order chi connectivity index (χ0) is 29.3. The SMILES string of the molecule is Nc1ncc(-c2cccc(C(=O)NCc3ccccc3)c2)nc1C(=O)NCCCNC(=O)c1cnc2ccccc2n1. The summed E-state index contributed by atoms with van der Waals surface area (Å²) in [5.74, 6) is -1.10. The van der Waals surface area contributed by atoms with Crippen molar-refractivity contribution in [1.29, 1.82) is 0 Å². The lowest BCUT2D eigenvalue weighted by Crippen LogP contribution is -2.31. The van der Waals surface area contributed by atoms with E-state index in [-0.39, 0.29) is 35.6 Å². The lowest BCUT2D eigenvalue weighted by atomic mass is 10.1. The van der Waals surface area contributed by atoms with Gasteiger partial charge in [-0.3, -0.25) is 19.4 Å². The molecular formula is C31H28N8O3. The molecule has 5 N–H and O–H groups in total. The fourth-order valence-corrected chi connectivity index (χ4v) is 4.14. The summed E-state index contributed by atoms with van der Waals surface area (Å²) in [5, 5.41) is 8.42. The highest BCUT2D eigenvalue weighted by molar-refractivity contribution is 5.97. The maximum atomic E-state index is 12.8. The Kier molecular flexibility index (Phi) is 8.68. The summed E-state index contributed by atoms with van der Waals surface area (Å²) >= 11 is 0. The van der Waals surface area contributed by atoms with Gasteiger partial charge in [0.2, 0.25) is 0 Å². The third-order valence-electron chi connectivity index (χ3n) is 6.34. The minimum atomic E-state index is -0.495. The van der Waals surface area contributed by atoms with Crippen LogP contribution in [0.3, 0.4) is 0 Å². The van der Waals surface area contributed by atoms with E-state index in [1.807, 2.05) is 48.5 Å². The summed E-state index contributed by atoms with van der Waals surface area (Å²) in [4.78, 5) is 55.1. The molecule has 11 nitrogen and oxygen atoms in total. The van der Waals surface area contributed by atoms with E-state index in [1.54, 1.807) is 30.3 Å². The zero-order valence-corrected chi connectivity index (χ0v) is 22.6. The van der Waals surface area contributed by atoms with Crippen molar-refractivity contribution >= 4 is 34.6 Å². The van der Waals surface area contributed by atoms with Gasteiger partial charge in [-0.15, -0.1) is 0 Å². The third kappa shape index (κ3) is 6.89. The van der Waals surface area contributed by atoms with Crippen LogP contribution >= 0.6 is 0 Å². The number of nitrogen functional groups attached to an aromatic ring is 1. The van der Waals surface area contributed by atoms with Gasteiger partial charge in [0.1, 0.15) is 5.69 Å². The lowest BCUT2D eigenvalue weighted by molar-refractivity contribution is 0.0937. The average Bonchev–Trinajstić information content (AvgIpc) is 3.03. The molecule has 0 aliphatic rings. The number of rotatable bonds is 10. The largest absolute Gasteiger partial charge is 0.382 e. The molecule has 2 heterocycles. The van der Waals surface area contributed by atoms with Crippen molar-refractivity contribution in [2.24, 2.45) is 0 Å². The maximum absolute atomic E-state index is 12.8. The van der Waals surface area contributed by atoms with Crippen LogP contribution in [0.15, 0.2) is 91.3 Å². The number of nitrogens with two attached hydrogens (primary N) is 1. The zero-order valence-electron chi connectivity index (χ0n) is 22.6. The van der Waals surface area contributed by atoms with Crippen LogP contribution in [-0.2, 0) is 6.54 Å². The molecule has 210 valence electrons. The van der Waals surface area contributed by atoms with E-state index in [0.717, 1.165) is 5.56 Å². The van der Waals surface area contributed by atoms with Crippen molar-refractivity contribution in [2.75, 3.05) is 18.8 Å². The normalized spacial score (nSPS) is 10.7. The number of hydrogen-bond donors (Lipinski definition) is 4. The van der Waals surface area contributed by atoms with Gasteiger partial charge < -0.3 is 21.7 Å². The first-order chi connectivity index (χ1) is 20.5. The lowest BCUT2D eigenvalue weighted by Gasteiger charge is -2.10. The third-order valence-corrected chi connectivity index (χ3v) is 6.34. The Labute approximate surface area is 241 Å². The van der Waals surface area contributed by atoms with Crippen molar-refractivity contribution in [1.82, 2.24) is 35.9 Å². The minimum Gasteiger partial charge on any atom is -0.382 e. The van der Waals surface area contributed by atoms with Crippen LogP contribution < -0.4 is 21.7 Å². The number of nitrogens with one attached hydrogen (secondary N) is 3. The molecule has 0 unspecified atom stereocenters. The van der Waals surface area contributed by atoms with Crippen LogP contribution in [0.2, 0.25) is 0 Å². The molecule has 0 aliphatic carbocycles. The van der Waals surface area contributed by atoms with Crippen molar-refractivity contribution < 1.29 is 14.4 Å². The number of anilines is 1. The summed E-state index contributed by atoms with van der Waals surface area (Å²) in [7, 11) is 0. The van der Waals surface area contributed by atoms with Crippen LogP contribution in [0.4, 0.5) is 5.82 Å². The number of carbonyl (C=O) groups is 3. The molecule has 0 saturated carbocycles. The van der Waals surface area contributed by atoms with E-state index < -0.39 is 5.91 Å². The Morgan fingerprint density at radius 1 is 0.690 bits per heavy atom. The first kappa shape index (κ1) is 27.8. The van der Waals surface area contributed by atoms with E-state index >= 15 is 0 Å². The van der Waals surface area contributed by atoms with Gasteiger partial charge >= 0.3 is 0 Å². The molecule has 3 aromatic carbocycles. The molecule has 42 heavy (non-hydrogen) atoms. The standard InChI is InChI=1S/C31H28N8O3/c32-28-27(31(42)34-15-7-14-33-30(41)26-19-35-23-12-4-5-13-24(23)38-26)39-25(18-36-28)21-10-6-11-22(16-21)29(40)37-17-20-8-2-1-3-9-20/h1-6,8-13,16,18-19H,7,14-15,17H2,(H2,32,36)(H,33,41)(H,34,42)(H,37,40). The second kappa shape index (κ2) is 13.1. The van der Waals surface area contributed by atoms with Crippen molar-refractivity contribution in [3.05, 3.63) is 114 Å². The summed E-state index contributed by atoms with van der Waals surface area (Å²) in [6.07, 6.45) is 3.35. The Hall–Kier alpha value is -5.71. The van der Waals surface area contributed by atoms with E-state index in [4.69, 9.17) is 5.73 Å². The maximum Gasteiger partial charge on any atom is 0.273 e. The highest BCUT2D eigenvalue weighted by Crippen LogP contribution is 2.20. The molecule has 0 saturated heterocycles. The van der Waals surface area contributed by atoms with E-state index in [2.05, 4.69) is 35.9 Å². The monoisotopic (exact) mass is 560 g/mol. The average molecular weight is 561 g/mol. The second-order valence-corrected chi connectivity index (χ2v) is 9.35. The first-order valence-corrected chi connectivity index (χ1v) is 13.3. The fourth-order valence-electron chi connectivity index (χ4n) is 4.14. The Bertz CT molecular complexity index is 1740. The number of benzene rings is 3. The smallest absolute Gasteiger partial charge is 0.273 e. The van der Waals surface area contributed by atoms with Gasteiger partial charge in [0.15, 0.2) is 11.5 Å². The van der Waals surface area contributed by atoms with E-state index in [9.17, 15) is 14.4 Å². The van der Waals surface area contributed by atoms with Crippen molar-refractivity contribution in [3.8, 4) is 11.3 Å². The number of para-hydroxylation sites is 2. The summed E-state index contributed by atoms with van der Waals surface area (Å²) in [6.45, 7) is 0.982. The van der Waals surface area contributed by atoms with Crippen LogP contribution in [0, 0.1) is 0 Å². The molecule has 5 aromatic rings. The molecule has 3 amide bonds. The molecule has 2 aromatic heterocycles. The predicted octanol–water partition coefficient (Wildman–Crippen LogP) is 3.15.